The third-order valence-corrected chi connectivity index (χ3v) is 4.26. The van der Waals surface area contributed by atoms with Crippen molar-refractivity contribution in [3.8, 4) is 0 Å². The summed E-state index contributed by atoms with van der Waals surface area (Å²) < 4.78 is 10.6. The van der Waals surface area contributed by atoms with Crippen LogP contribution in [0.5, 0.6) is 0 Å². The van der Waals surface area contributed by atoms with E-state index in [-0.39, 0.29) is 17.4 Å². The van der Waals surface area contributed by atoms with E-state index in [2.05, 4.69) is 34.6 Å². The fourth-order valence-electron chi connectivity index (χ4n) is 3.09. The number of hydrogen-bond acceptors (Lipinski definition) is 4. The molecule has 0 spiro atoms. The van der Waals surface area contributed by atoms with Crippen molar-refractivity contribution in [1.29, 1.82) is 0 Å². The molecule has 0 radical (unpaired) electrons. The van der Waals surface area contributed by atoms with E-state index in [1.807, 2.05) is 0 Å². The van der Waals surface area contributed by atoms with E-state index < -0.39 is 0 Å². The zero-order chi connectivity index (χ0) is 19.8. The Hall–Kier alpha value is -1.06. The molecule has 4 nitrogen and oxygen atoms in total. The molecule has 154 valence electrons. The molecule has 0 fully saturated rings. The second kappa shape index (κ2) is 15.0. The fourth-order valence-corrected chi connectivity index (χ4v) is 3.09. The molecule has 0 bridgehead atoms. The predicted octanol–water partition coefficient (Wildman–Crippen LogP) is 6.07. The molecule has 0 aliphatic carbocycles. The van der Waals surface area contributed by atoms with E-state index >= 15 is 0 Å². The average Bonchev–Trinajstić information content (AvgIpc) is 2.54. The molecule has 1 atom stereocenters. The number of esters is 2. The third-order valence-electron chi connectivity index (χ3n) is 4.26. The molecule has 1 unspecified atom stereocenters. The topological polar surface area (TPSA) is 52.6 Å². The summed E-state index contributed by atoms with van der Waals surface area (Å²) in [5, 5.41) is 0. The van der Waals surface area contributed by atoms with Gasteiger partial charge in [-0.05, 0) is 37.0 Å². The quantitative estimate of drug-likeness (QED) is 0.259. The lowest BCUT2D eigenvalue weighted by atomic mass is 9.86. The summed E-state index contributed by atoms with van der Waals surface area (Å²) in [6, 6.07) is 0. The minimum atomic E-state index is -0.125. The normalized spacial score (nSPS) is 12.7. The maximum atomic E-state index is 11.7. The zero-order valence-electron chi connectivity index (χ0n) is 17.9. The van der Waals surface area contributed by atoms with Crippen LogP contribution in [0.2, 0.25) is 0 Å². The maximum absolute atomic E-state index is 11.7. The smallest absolute Gasteiger partial charge is 0.305 e. The second-order valence-electron chi connectivity index (χ2n) is 8.75. The van der Waals surface area contributed by atoms with Gasteiger partial charge < -0.3 is 9.47 Å². The van der Waals surface area contributed by atoms with E-state index in [9.17, 15) is 9.59 Å². The number of carbonyl (C=O) groups excluding carboxylic acids is 2. The number of carbonyl (C=O) groups is 2. The van der Waals surface area contributed by atoms with Gasteiger partial charge in [-0.2, -0.15) is 0 Å². The summed E-state index contributed by atoms with van der Waals surface area (Å²) >= 11 is 0. The summed E-state index contributed by atoms with van der Waals surface area (Å²) in [5.74, 6) is 0.148. The van der Waals surface area contributed by atoms with Crippen molar-refractivity contribution in [2.45, 2.75) is 105 Å². The average molecular weight is 371 g/mol. The van der Waals surface area contributed by atoms with Crippen LogP contribution in [-0.4, -0.2) is 25.2 Å². The highest BCUT2D eigenvalue weighted by Gasteiger charge is 2.16. The highest BCUT2D eigenvalue weighted by Crippen LogP contribution is 2.24. The van der Waals surface area contributed by atoms with Crippen LogP contribution < -0.4 is 0 Å². The molecule has 0 aromatic carbocycles. The van der Waals surface area contributed by atoms with Crippen molar-refractivity contribution in [2.75, 3.05) is 13.2 Å². The van der Waals surface area contributed by atoms with Gasteiger partial charge in [-0.3, -0.25) is 9.59 Å². The second-order valence-corrected chi connectivity index (χ2v) is 8.75. The van der Waals surface area contributed by atoms with Gasteiger partial charge >= 0.3 is 11.9 Å². The largest absolute Gasteiger partial charge is 0.466 e. The summed E-state index contributed by atoms with van der Waals surface area (Å²) in [5.41, 5.74) is 0.260. The Morgan fingerprint density at radius 1 is 0.808 bits per heavy atom. The van der Waals surface area contributed by atoms with Gasteiger partial charge in [0.25, 0.3) is 0 Å². The van der Waals surface area contributed by atoms with Gasteiger partial charge in [0.2, 0.25) is 0 Å². The molecule has 0 aromatic rings. The van der Waals surface area contributed by atoms with Crippen LogP contribution in [0.15, 0.2) is 0 Å². The van der Waals surface area contributed by atoms with Crippen molar-refractivity contribution in [3.63, 3.8) is 0 Å². The van der Waals surface area contributed by atoms with Crippen molar-refractivity contribution < 1.29 is 19.1 Å². The predicted molar refractivity (Wildman–Crippen MR) is 107 cm³/mol. The van der Waals surface area contributed by atoms with Crippen LogP contribution in [0.25, 0.3) is 0 Å². The number of rotatable bonds is 15. The van der Waals surface area contributed by atoms with Crippen LogP contribution >= 0.6 is 0 Å². The first-order valence-electron chi connectivity index (χ1n) is 10.6. The van der Waals surface area contributed by atoms with Crippen LogP contribution in [0, 0.1) is 11.3 Å². The SMILES string of the molecule is CCCCCCCOC(=O)CCCCCC(=O)OCC(C)CC(C)(C)C. The van der Waals surface area contributed by atoms with Crippen molar-refractivity contribution in [3.05, 3.63) is 0 Å². The van der Waals surface area contributed by atoms with Crippen molar-refractivity contribution in [2.24, 2.45) is 11.3 Å². The molecule has 0 rings (SSSR count). The van der Waals surface area contributed by atoms with E-state index in [1.165, 1.54) is 19.3 Å². The molecule has 0 N–H and O–H groups in total. The standard InChI is InChI=1S/C22H42O4/c1-6-7-8-9-13-16-25-20(23)14-11-10-12-15-21(24)26-18-19(2)17-22(3,4)5/h19H,6-18H2,1-5H3. The number of unbranched alkanes of at least 4 members (excludes halogenated alkanes) is 6. The lowest BCUT2D eigenvalue weighted by Crippen LogP contribution is -2.17. The van der Waals surface area contributed by atoms with E-state index in [1.54, 1.807) is 0 Å². The van der Waals surface area contributed by atoms with E-state index in [0.29, 0.717) is 32.0 Å². The lowest BCUT2D eigenvalue weighted by molar-refractivity contribution is -0.145. The summed E-state index contributed by atoms with van der Waals surface area (Å²) in [7, 11) is 0. The summed E-state index contributed by atoms with van der Waals surface area (Å²) in [6.07, 6.45) is 10.1. The zero-order valence-corrected chi connectivity index (χ0v) is 17.9. The highest BCUT2D eigenvalue weighted by molar-refractivity contribution is 5.69. The molecule has 0 saturated heterocycles. The first-order valence-corrected chi connectivity index (χ1v) is 10.6. The van der Waals surface area contributed by atoms with Crippen LogP contribution in [0.1, 0.15) is 105 Å². The minimum absolute atomic E-state index is 0.112. The maximum Gasteiger partial charge on any atom is 0.305 e. The van der Waals surface area contributed by atoms with Gasteiger partial charge in [0.15, 0.2) is 0 Å². The molecule has 0 aliphatic heterocycles. The molecule has 0 aromatic heterocycles. The Bertz CT molecular complexity index is 371. The van der Waals surface area contributed by atoms with Gasteiger partial charge in [-0.15, -0.1) is 0 Å². The third kappa shape index (κ3) is 17.8. The minimum Gasteiger partial charge on any atom is -0.466 e. The Morgan fingerprint density at radius 2 is 1.35 bits per heavy atom. The molecule has 4 heteroatoms. The summed E-state index contributed by atoms with van der Waals surface area (Å²) in [6.45, 7) is 11.9. The van der Waals surface area contributed by atoms with Gasteiger partial charge in [0.05, 0.1) is 13.2 Å². The Balaban J connectivity index is 3.50. The van der Waals surface area contributed by atoms with E-state index in [4.69, 9.17) is 9.47 Å². The highest BCUT2D eigenvalue weighted by atomic mass is 16.5. The fraction of sp³-hybridized carbons (Fsp3) is 0.909. The Labute approximate surface area is 161 Å². The molecular weight excluding hydrogens is 328 g/mol. The molecule has 26 heavy (non-hydrogen) atoms. The van der Waals surface area contributed by atoms with E-state index in [0.717, 1.165) is 38.5 Å². The molecule has 0 saturated carbocycles. The Morgan fingerprint density at radius 3 is 1.92 bits per heavy atom. The Kier molecular flexibility index (Phi) is 14.4. The summed E-state index contributed by atoms with van der Waals surface area (Å²) in [4.78, 5) is 23.4. The first kappa shape index (κ1) is 24.9. The van der Waals surface area contributed by atoms with Crippen molar-refractivity contribution in [1.82, 2.24) is 0 Å². The van der Waals surface area contributed by atoms with Gasteiger partial charge in [0, 0.05) is 12.8 Å². The molecule has 0 aliphatic rings. The molecule has 0 amide bonds. The van der Waals surface area contributed by atoms with Crippen LogP contribution in [0.4, 0.5) is 0 Å². The number of hydrogen-bond donors (Lipinski definition) is 0. The van der Waals surface area contributed by atoms with Gasteiger partial charge in [-0.1, -0.05) is 66.7 Å². The van der Waals surface area contributed by atoms with Gasteiger partial charge in [-0.25, -0.2) is 0 Å². The van der Waals surface area contributed by atoms with Crippen LogP contribution in [0.3, 0.4) is 0 Å². The first-order chi connectivity index (χ1) is 12.2. The van der Waals surface area contributed by atoms with Crippen molar-refractivity contribution >= 4 is 11.9 Å². The molecular formula is C22H42O4. The molecule has 0 heterocycles. The van der Waals surface area contributed by atoms with Crippen LogP contribution in [-0.2, 0) is 19.1 Å². The lowest BCUT2D eigenvalue weighted by Gasteiger charge is -2.22. The number of ether oxygens (including phenoxy) is 2. The monoisotopic (exact) mass is 370 g/mol. The van der Waals surface area contributed by atoms with Gasteiger partial charge in [0.1, 0.15) is 0 Å².